The second-order valence-electron chi connectivity index (χ2n) is 9.11. The van der Waals surface area contributed by atoms with E-state index in [1.807, 2.05) is 0 Å². The first kappa shape index (κ1) is 16.9. The standard InChI is InChI=1S/C22H32OS/c1-5-24-20-8-6-7-16-14(2)13-15-17-9-10-19(23)21(17,3)12-11-18(15)22(16,20)4/h6-7,15-18,20H,2,5,8-13H2,1,3-4H3/t15-,16?,17-,18-,20?,21-,22-/m0/s1. The van der Waals surface area contributed by atoms with Crippen molar-refractivity contribution in [2.75, 3.05) is 5.75 Å². The van der Waals surface area contributed by atoms with Gasteiger partial charge in [-0.05, 0) is 61.0 Å². The highest BCUT2D eigenvalue weighted by Gasteiger charge is 2.61. The second-order valence-corrected chi connectivity index (χ2v) is 10.6. The fourth-order valence-corrected chi connectivity index (χ4v) is 8.37. The van der Waals surface area contributed by atoms with Crippen LogP contribution >= 0.6 is 11.8 Å². The van der Waals surface area contributed by atoms with E-state index in [-0.39, 0.29) is 5.41 Å². The number of fused-ring (bicyclic) bond motifs is 5. The van der Waals surface area contributed by atoms with Crippen LogP contribution in [0.4, 0.5) is 0 Å². The van der Waals surface area contributed by atoms with E-state index in [0.29, 0.717) is 34.2 Å². The van der Waals surface area contributed by atoms with E-state index in [0.717, 1.165) is 31.6 Å². The maximum Gasteiger partial charge on any atom is 0.139 e. The number of Topliss-reactive ketones (excluding diaryl/α,β-unsaturated/α-hetero) is 1. The molecule has 4 aliphatic rings. The number of carbonyl (C=O) groups is 1. The van der Waals surface area contributed by atoms with Crippen molar-refractivity contribution in [2.45, 2.75) is 64.5 Å². The fourth-order valence-electron chi connectivity index (χ4n) is 7.04. The predicted octanol–water partition coefficient (Wildman–Crippen LogP) is 5.66. The van der Waals surface area contributed by atoms with Crippen LogP contribution in [-0.2, 0) is 4.79 Å². The van der Waals surface area contributed by atoms with Crippen molar-refractivity contribution in [2.24, 2.45) is 34.5 Å². The van der Waals surface area contributed by atoms with Crippen molar-refractivity contribution in [3.8, 4) is 0 Å². The summed E-state index contributed by atoms with van der Waals surface area (Å²) < 4.78 is 0. The third-order valence-corrected chi connectivity index (χ3v) is 9.73. The monoisotopic (exact) mass is 344 g/mol. The number of carbonyl (C=O) groups excluding carboxylic acids is 1. The van der Waals surface area contributed by atoms with Gasteiger partial charge in [-0.2, -0.15) is 11.8 Å². The van der Waals surface area contributed by atoms with Gasteiger partial charge < -0.3 is 0 Å². The number of hydrogen-bond donors (Lipinski definition) is 0. The summed E-state index contributed by atoms with van der Waals surface area (Å²) in [5.74, 6) is 4.37. The summed E-state index contributed by atoms with van der Waals surface area (Å²) in [5, 5.41) is 0.712. The normalized spacial score (nSPS) is 50.4. The second kappa shape index (κ2) is 5.76. The summed E-state index contributed by atoms with van der Waals surface area (Å²) in [6.07, 6.45) is 11.6. The zero-order valence-electron chi connectivity index (χ0n) is 15.5. The van der Waals surface area contributed by atoms with Crippen molar-refractivity contribution in [1.82, 2.24) is 0 Å². The van der Waals surface area contributed by atoms with Crippen LogP contribution in [-0.4, -0.2) is 16.8 Å². The molecule has 2 heteroatoms. The SMILES string of the molecule is C=C1C[C@@H]2[C@H](CC[C@]3(C)C(=O)CC[C@@H]23)[C@@]2(C)C(SCC)CC=CC12. The van der Waals surface area contributed by atoms with Crippen LogP contribution in [0.3, 0.4) is 0 Å². The maximum atomic E-state index is 12.6. The van der Waals surface area contributed by atoms with Gasteiger partial charge in [-0.25, -0.2) is 0 Å². The highest BCUT2D eigenvalue weighted by Crippen LogP contribution is 2.66. The first-order valence-corrected chi connectivity index (χ1v) is 11.0. The lowest BCUT2D eigenvalue weighted by Crippen LogP contribution is -2.56. The predicted molar refractivity (Wildman–Crippen MR) is 103 cm³/mol. The molecule has 0 heterocycles. The lowest BCUT2D eigenvalue weighted by molar-refractivity contribution is -0.133. The average Bonchev–Trinajstić information content (AvgIpc) is 2.85. The molecule has 3 saturated carbocycles. The fraction of sp³-hybridized carbons (Fsp3) is 0.773. The highest BCUT2D eigenvalue weighted by molar-refractivity contribution is 7.99. The molecule has 0 amide bonds. The van der Waals surface area contributed by atoms with Crippen LogP contribution in [0.1, 0.15) is 59.3 Å². The molecule has 0 spiro atoms. The lowest BCUT2D eigenvalue weighted by Gasteiger charge is -2.61. The molecule has 4 rings (SSSR count). The van der Waals surface area contributed by atoms with Crippen LogP contribution in [0.25, 0.3) is 0 Å². The van der Waals surface area contributed by atoms with Gasteiger partial charge in [0, 0.05) is 23.0 Å². The molecule has 1 nitrogen and oxygen atoms in total. The van der Waals surface area contributed by atoms with E-state index in [4.69, 9.17) is 0 Å². The summed E-state index contributed by atoms with van der Waals surface area (Å²) in [4.78, 5) is 12.6. The number of ketones is 1. The summed E-state index contributed by atoms with van der Waals surface area (Å²) in [7, 11) is 0. The van der Waals surface area contributed by atoms with Crippen LogP contribution in [0.5, 0.6) is 0 Å². The molecule has 7 atom stereocenters. The van der Waals surface area contributed by atoms with Crippen molar-refractivity contribution < 1.29 is 4.79 Å². The molecule has 0 aromatic rings. The minimum absolute atomic E-state index is 0.0253. The molecule has 0 aliphatic heterocycles. The quantitative estimate of drug-likeness (QED) is 0.601. The Morgan fingerprint density at radius 3 is 2.83 bits per heavy atom. The van der Waals surface area contributed by atoms with Gasteiger partial charge in [-0.3, -0.25) is 4.79 Å². The van der Waals surface area contributed by atoms with Gasteiger partial charge in [-0.1, -0.05) is 45.1 Å². The number of hydrogen-bond acceptors (Lipinski definition) is 2. The first-order valence-electron chi connectivity index (χ1n) is 9.92. The van der Waals surface area contributed by atoms with Crippen molar-refractivity contribution in [1.29, 1.82) is 0 Å². The lowest BCUT2D eigenvalue weighted by atomic mass is 9.45. The van der Waals surface area contributed by atoms with Gasteiger partial charge in [0.05, 0.1) is 0 Å². The molecule has 0 bridgehead atoms. The van der Waals surface area contributed by atoms with Gasteiger partial charge in [0.1, 0.15) is 5.78 Å². The van der Waals surface area contributed by atoms with E-state index < -0.39 is 0 Å². The molecule has 0 aromatic heterocycles. The molecule has 4 aliphatic carbocycles. The Hall–Kier alpha value is -0.500. The van der Waals surface area contributed by atoms with Crippen LogP contribution < -0.4 is 0 Å². The Morgan fingerprint density at radius 1 is 1.29 bits per heavy atom. The topological polar surface area (TPSA) is 17.1 Å². The Labute approximate surface area is 151 Å². The molecule has 2 unspecified atom stereocenters. The Kier molecular flexibility index (Phi) is 4.06. The van der Waals surface area contributed by atoms with E-state index in [2.05, 4.69) is 51.3 Å². The zero-order chi connectivity index (χ0) is 17.1. The van der Waals surface area contributed by atoms with Gasteiger partial charge in [-0.15, -0.1) is 0 Å². The molecule has 0 aromatic carbocycles. The molecule has 0 radical (unpaired) electrons. The molecule has 0 N–H and O–H groups in total. The third-order valence-electron chi connectivity index (χ3n) is 8.29. The summed E-state index contributed by atoms with van der Waals surface area (Å²) in [6, 6.07) is 0. The Balaban J connectivity index is 1.74. The van der Waals surface area contributed by atoms with E-state index in [1.165, 1.54) is 24.2 Å². The largest absolute Gasteiger partial charge is 0.299 e. The van der Waals surface area contributed by atoms with Crippen LogP contribution in [0, 0.1) is 34.5 Å². The van der Waals surface area contributed by atoms with E-state index in [1.54, 1.807) is 0 Å². The Bertz CT molecular complexity index is 593. The van der Waals surface area contributed by atoms with E-state index >= 15 is 0 Å². The smallest absolute Gasteiger partial charge is 0.139 e. The van der Waals surface area contributed by atoms with Crippen LogP contribution in [0.15, 0.2) is 24.3 Å². The molecular weight excluding hydrogens is 312 g/mol. The average molecular weight is 345 g/mol. The van der Waals surface area contributed by atoms with Gasteiger partial charge in [0.2, 0.25) is 0 Å². The molecular formula is C22H32OS. The van der Waals surface area contributed by atoms with E-state index in [9.17, 15) is 4.79 Å². The minimum Gasteiger partial charge on any atom is -0.299 e. The molecule has 132 valence electrons. The van der Waals surface area contributed by atoms with Crippen molar-refractivity contribution >= 4 is 17.5 Å². The molecule has 24 heavy (non-hydrogen) atoms. The number of rotatable bonds is 2. The zero-order valence-corrected chi connectivity index (χ0v) is 16.3. The van der Waals surface area contributed by atoms with Gasteiger partial charge >= 0.3 is 0 Å². The van der Waals surface area contributed by atoms with Gasteiger partial charge in [0.15, 0.2) is 0 Å². The van der Waals surface area contributed by atoms with Crippen molar-refractivity contribution in [3.63, 3.8) is 0 Å². The summed E-state index contributed by atoms with van der Waals surface area (Å²) in [5.41, 5.74) is 1.75. The number of thioether (sulfide) groups is 1. The highest BCUT2D eigenvalue weighted by atomic mass is 32.2. The number of allylic oxidation sites excluding steroid dienone is 3. The summed E-state index contributed by atoms with van der Waals surface area (Å²) in [6.45, 7) is 11.7. The Morgan fingerprint density at radius 2 is 2.08 bits per heavy atom. The summed E-state index contributed by atoms with van der Waals surface area (Å²) >= 11 is 2.16. The van der Waals surface area contributed by atoms with Crippen molar-refractivity contribution in [3.05, 3.63) is 24.3 Å². The molecule has 3 fully saturated rings. The first-order chi connectivity index (χ1) is 11.4. The minimum atomic E-state index is -0.0253. The molecule has 0 saturated heterocycles. The van der Waals surface area contributed by atoms with Gasteiger partial charge in [0.25, 0.3) is 0 Å². The maximum absolute atomic E-state index is 12.6. The van der Waals surface area contributed by atoms with Crippen LogP contribution in [0.2, 0.25) is 0 Å². The third kappa shape index (κ3) is 2.11.